The van der Waals surface area contributed by atoms with Crippen molar-refractivity contribution in [3.8, 4) is 0 Å². The van der Waals surface area contributed by atoms with Crippen molar-refractivity contribution in [1.82, 2.24) is 25.7 Å². The molecular formula is C20H18ClN5O3S. The van der Waals surface area contributed by atoms with E-state index in [9.17, 15) is 14.4 Å². The summed E-state index contributed by atoms with van der Waals surface area (Å²) < 4.78 is 0. The molecule has 1 aromatic heterocycles. The SMILES string of the molecule is CCC1(c2ccccc2)NC(=O)N(NC(=O)CSc2nc3ccc(Cl)cc3[nH]2)C1=O. The average molecular weight is 444 g/mol. The number of urea groups is 1. The molecule has 0 radical (unpaired) electrons. The molecule has 3 N–H and O–H groups in total. The molecule has 2 aromatic carbocycles. The maximum Gasteiger partial charge on any atom is 0.344 e. The van der Waals surface area contributed by atoms with Gasteiger partial charge in [-0.25, -0.2) is 9.78 Å². The smallest absolute Gasteiger partial charge is 0.333 e. The number of imide groups is 1. The van der Waals surface area contributed by atoms with Crippen LogP contribution in [-0.4, -0.2) is 38.6 Å². The third-order valence-corrected chi connectivity index (χ3v) is 6.00. The van der Waals surface area contributed by atoms with E-state index in [1.165, 1.54) is 0 Å². The van der Waals surface area contributed by atoms with E-state index in [1.54, 1.807) is 49.4 Å². The summed E-state index contributed by atoms with van der Waals surface area (Å²) in [7, 11) is 0. The first kappa shape index (κ1) is 20.2. The summed E-state index contributed by atoms with van der Waals surface area (Å²) >= 11 is 7.12. The number of carbonyl (C=O) groups is 3. The number of halogens is 1. The van der Waals surface area contributed by atoms with Crippen LogP contribution in [0.5, 0.6) is 0 Å². The first-order chi connectivity index (χ1) is 14.4. The second-order valence-corrected chi connectivity index (χ2v) is 8.12. The monoisotopic (exact) mass is 443 g/mol. The van der Waals surface area contributed by atoms with Crippen LogP contribution in [0.1, 0.15) is 18.9 Å². The molecular weight excluding hydrogens is 426 g/mol. The van der Waals surface area contributed by atoms with Crippen molar-refractivity contribution < 1.29 is 14.4 Å². The lowest BCUT2D eigenvalue weighted by atomic mass is 9.87. The van der Waals surface area contributed by atoms with Gasteiger partial charge in [0, 0.05) is 5.02 Å². The summed E-state index contributed by atoms with van der Waals surface area (Å²) in [6, 6.07) is 13.6. The summed E-state index contributed by atoms with van der Waals surface area (Å²) in [5, 5.41) is 4.58. The van der Waals surface area contributed by atoms with Crippen LogP contribution < -0.4 is 10.7 Å². The van der Waals surface area contributed by atoms with E-state index in [4.69, 9.17) is 11.6 Å². The number of hydrogen-bond donors (Lipinski definition) is 3. The van der Waals surface area contributed by atoms with Crippen molar-refractivity contribution in [2.45, 2.75) is 24.0 Å². The summed E-state index contributed by atoms with van der Waals surface area (Å²) in [5.41, 5.74) is 3.35. The Morgan fingerprint density at radius 2 is 2.00 bits per heavy atom. The number of imidazole rings is 1. The lowest BCUT2D eigenvalue weighted by molar-refractivity contribution is -0.138. The van der Waals surface area contributed by atoms with Gasteiger partial charge in [-0.15, -0.1) is 0 Å². The zero-order valence-corrected chi connectivity index (χ0v) is 17.5. The molecule has 0 spiro atoms. The van der Waals surface area contributed by atoms with Crippen LogP contribution in [0.25, 0.3) is 11.0 Å². The van der Waals surface area contributed by atoms with E-state index in [2.05, 4.69) is 20.7 Å². The molecule has 0 aliphatic carbocycles. The summed E-state index contributed by atoms with van der Waals surface area (Å²) in [5.74, 6) is -1.05. The summed E-state index contributed by atoms with van der Waals surface area (Å²) in [6.07, 6.45) is 0.351. The van der Waals surface area contributed by atoms with Gasteiger partial charge in [0.1, 0.15) is 5.54 Å². The van der Waals surface area contributed by atoms with Crippen molar-refractivity contribution >= 4 is 52.2 Å². The Bertz CT molecular complexity index is 1140. The molecule has 2 heterocycles. The molecule has 4 rings (SSSR count). The standard InChI is InChI=1S/C20H18ClN5O3S/c1-2-20(12-6-4-3-5-7-12)17(28)26(19(29)24-20)25-16(27)11-30-18-22-14-9-8-13(21)10-15(14)23-18/h3-10H,2,11H2,1H3,(H,22,23)(H,24,29)(H,25,27). The number of rotatable bonds is 6. The third kappa shape index (κ3) is 3.61. The number of nitrogens with zero attached hydrogens (tertiary/aromatic N) is 2. The number of aromatic amines is 1. The minimum atomic E-state index is -1.20. The fourth-order valence-electron chi connectivity index (χ4n) is 3.36. The van der Waals surface area contributed by atoms with Crippen LogP contribution in [0.3, 0.4) is 0 Å². The Morgan fingerprint density at radius 1 is 1.23 bits per heavy atom. The second-order valence-electron chi connectivity index (χ2n) is 6.72. The maximum absolute atomic E-state index is 13.0. The van der Waals surface area contributed by atoms with Gasteiger partial charge in [0.05, 0.1) is 16.8 Å². The number of carbonyl (C=O) groups excluding carboxylic acids is 3. The maximum atomic E-state index is 13.0. The Hall–Kier alpha value is -3.04. The molecule has 1 atom stereocenters. The van der Waals surface area contributed by atoms with Gasteiger partial charge in [-0.3, -0.25) is 15.0 Å². The van der Waals surface area contributed by atoms with Crippen LogP contribution in [0.2, 0.25) is 5.02 Å². The molecule has 1 aliphatic heterocycles. The number of hydrogen-bond acceptors (Lipinski definition) is 5. The van der Waals surface area contributed by atoms with Gasteiger partial charge >= 0.3 is 6.03 Å². The average Bonchev–Trinajstić information content (AvgIpc) is 3.26. The van der Waals surface area contributed by atoms with E-state index >= 15 is 0 Å². The first-order valence-electron chi connectivity index (χ1n) is 9.23. The van der Waals surface area contributed by atoms with Gasteiger partial charge in [-0.05, 0) is 30.2 Å². The predicted molar refractivity (Wildman–Crippen MR) is 114 cm³/mol. The van der Waals surface area contributed by atoms with Crippen LogP contribution >= 0.6 is 23.4 Å². The lowest BCUT2D eigenvalue weighted by Crippen LogP contribution is -2.49. The van der Waals surface area contributed by atoms with E-state index in [0.29, 0.717) is 22.2 Å². The topological polar surface area (TPSA) is 107 Å². The van der Waals surface area contributed by atoms with Crippen LogP contribution in [0.15, 0.2) is 53.7 Å². The molecule has 1 aliphatic rings. The molecule has 10 heteroatoms. The Labute approximate surface area is 181 Å². The lowest BCUT2D eigenvalue weighted by Gasteiger charge is -2.25. The summed E-state index contributed by atoms with van der Waals surface area (Å²) in [4.78, 5) is 45.3. The van der Waals surface area contributed by atoms with Gasteiger partial charge < -0.3 is 10.3 Å². The van der Waals surface area contributed by atoms with Crippen molar-refractivity contribution in [3.63, 3.8) is 0 Å². The number of nitrogens with one attached hydrogen (secondary N) is 3. The largest absolute Gasteiger partial charge is 0.344 e. The number of fused-ring (bicyclic) bond motifs is 1. The molecule has 1 saturated heterocycles. The molecule has 3 aromatic rings. The van der Waals surface area contributed by atoms with E-state index < -0.39 is 23.4 Å². The van der Waals surface area contributed by atoms with Crippen molar-refractivity contribution in [1.29, 1.82) is 0 Å². The fourth-order valence-corrected chi connectivity index (χ4v) is 4.21. The van der Waals surface area contributed by atoms with Crippen LogP contribution in [0, 0.1) is 0 Å². The van der Waals surface area contributed by atoms with Crippen LogP contribution in [-0.2, 0) is 15.1 Å². The van der Waals surface area contributed by atoms with Gasteiger partial charge in [-0.2, -0.15) is 5.01 Å². The Kier molecular flexibility index (Phi) is 5.40. The number of aromatic nitrogens is 2. The second kappa shape index (κ2) is 8.00. The van der Waals surface area contributed by atoms with Gasteiger partial charge in [0.25, 0.3) is 5.91 Å². The zero-order chi connectivity index (χ0) is 21.3. The molecule has 0 saturated carbocycles. The first-order valence-corrected chi connectivity index (χ1v) is 10.6. The number of benzene rings is 2. The highest BCUT2D eigenvalue weighted by molar-refractivity contribution is 7.99. The van der Waals surface area contributed by atoms with Gasteiger partial charge in [0.15, 0.2) is 5.16 Å². The highest BCUT2D eigenvalue weighted by Crippen LogP contribution is 2.31. The van der Waals surface area contributed by atoms with E-state index in [1.807, 2.05) is 6.07 Å². The third-order valence-electron chi connectivity index (χ3n) is 4.89. The highest BCUT2D eigenvalue weighted by atomic mass is 35.5. The van der Waals surface area contributed by atoms with Crippen molar-refractivity contribution in [2.75, 3.05) is 5.75 Å². The predicted octanol–water partition coefficient (Wildman–Crippen LogP) is 3.20. The zero-order valence-electron chi connectivity index (χ0n) is 15.9. The quantitative estimate of drug-likeness (QED) is 0.400. The Morgan fingerprint density at radius 3 is 2.73 bits per heavy atom. The number of amides is 4. The van der Waals surface area contributed by atoms with Gasteiger partial charge in [-0.1, -0.05) is 60.6 Å². The van der Waals surface area contributed by atoms with Crippen molar-refractivity contribution in [3.05, 3.63) is 59.1 Å². The minimum absolute atomic E-state index is 0.0327. The van der Waals surface area contributed by atoms with E-state index in [0.717, 1.165) is 27.8 Å². The molecule has 4 amide bonds. The highest BCUT2D eigenvalue weighted by Gasteiger charge is 2.52. The molecule has 30 heavy (non-hydrogen) atoms. The molecule has 154 valence electrons. The number of hydrazine groups is 1. The van der Waals surface area contributed by atoms with Crippen molar-refractivity contribution in [2.24, 2.45) is 0 Å². The normalized spacial score (nSPS) is 18.7. The number of thioether (sulfide) groups is 1. The fraction of sp³-hybridized carbons (Fsp3) is 0.200. The molecule has 1 fully saturated rings. The molecule has 0 bridgehead atoms. The number of H-pyrrole nitrogens is 1. The van der Waals surface area contributed by atoms with Crippen LogP contribution in [0.4, 0.5) is 4.79 Å². The Balaban J connectivity index is 1.43. The van der Waals surface area contributed by atoms with Gasteiger partial charge in [0.2, 0.25) is 5.91 Å². The summed E-state index contributed by atoms with van der Waals surface area (Å²) in [6.45, 7) is 1.81. The van der Waals surface area contributed by atoms with E-state index in [-0.39, 0.29) is 5.75 Å². The molecule has 1 unspecified atom stereocenters. The molecule has 8 nitrogen and oxygen atoms in total. The minimum Gasteiger partial charge on any atom is -0.333 e.